The number of H-pyrrole nitrogens is 1. The first-order chi connectivity index (χ1) is 8.87. The third kappa shape index (κ3) is 3.54. The van der Waals surface area contributed by atoms with Gasteiger partial charge in [-0.3, -0.25) is 14.8 Å². The number of aliphatic hydroxyl groups is 1. The molecule has 1 aliphatic rings. The third-order valence-corrected chi connectivity index (χ3v) is 3.33. The molecule has 1 amide bonds. The molecule has 2 N–H and O–H groups in total. The van der Waals surface area contributed by atoms with Crippen molar-refractivity contribution in [2.45, 2.75) is 26.4 Å². The van der Waals surface area contributed by atoms with Crippen LogP contribution in [0.1, 0.15) is 29.9 Å². The summed E-state index contributed by atoms with van der Waals surface area (Å²) in [5.41, 5.74) is 0.771. The Morgan fingerprint density at radius 2 is 2.05 bits per heavy atom. The van der Waals surface area contributed by atoms with Crippen LogP contribution in [-0.2, 0) is 0 Å². The van der Waals surface area contributed by atoms with E-state index in [0.29, 0.717) is 25.2 Å². The number of aromatic amines is 1. The molecular formula is C13H22N4O2. The lowest BCUT2D eigenvalue weighted by atomic mass is 10.1. The number of aromatic nitrogens is 2. The molecule has 1 aliphatic heterocycles. The average Bonchev–Trinajstić information content (AvgIpc) is 2.73. The van der Waals surface area contributed by atoms with Crippen molar-refractivity contribution in [3.63, 3.8) is 0 Å². The molecule has 106 valence electrons. The van der Waals surface area contributed by atoms with Crippen LogP contribution in [0.25, 0.3) is 0 Å². The van der Waals surface area contributed by atoms with Crippen LogP contribution in [0.15, 0.2) is 6.20 Å². The van der Waals surface area contributed by atoms with E-state index in [1.165, 1.54) is 0 Å². The van der Waals surface area contributed by atoms with Gasteiger partial charge in [-0.15, -0.1) is 0 Å². The molecule has 0 radical (unpaired) electrons. The van der Waals surface area contributed by atoms with Gasteiger partial charge in [0.1, 0.15) is 0 Å². The highest BCUT2D eigenvalue weighted by Crippen LogP contribution is 2.12. The van der Waals surface area contributed by atoms with Crippen molar-refractivity contribution < 1.29 is 9.90 Å². The van der Waals surface area contributed by atoms with E-state index in [1.54, 1.807) is 20.0 Å². The van der Waals surface area contributed by atoms with Gasteiger partial charge in [0.15, 0.2) is 0 Å². The van der Waals surface area contributed by atoms with Crippen molar-refractivity contribution in [3.8, 4) is 0 Å². The van der Waals surface area contributed by atoms with Crippen LogP contribution in [0.4, 0.5) is 0 Å². The second-order valence-electron chi connectivity index (χ2n) is 5.79. The van der Waals surface area contributed by atoms with Crippen molar-refractivity contribution in [1.82, 2.24) is 20.0 Å². The fourth-order valence-corrected chi connectivity index (χ4v) is 2.39. The third-order valence-electron chi connectivity index (χ3n) is 3.33. The average molecular weight is 266 g/mol. The highest BCUT2D eigenvalue weighted by Gasteiger charge is 2.26. The number of rotatable bonds is 3. The summed E-state index contributed by atoms with van der Waals surface area (Å²) in [6.07, 6.45) is 1.58. The molecule has 6 heteroatoms. The number of piperazine rings is 1. The molecule has 0 atom stereocenters. The summed E-state index contributed by atoms with van der Waals surface area (Å²) in [6, 6.07) is 0. The summed E-state index contributed by atoms with van der Waals surface area (Å²) < 4.78 is 0. The van der Waals surface area contributed by atoms with Crippen molar-refractivity contribution >= 4 is 5.91 Å². The maximum Gasteiger partial charge on any atom is 0.257 e. The van der Waals surface area contributed by atoms with Crippen molar-refractivity contribution in [1.29, 1.82) is 0 Å². The normalized spacial score (nSPS) is 17.8. The van der Waals surface area contributed by atoms with Crippen LogP contribution < -0.4 is 0 Å². The number of hydrogen-bond acceptors (Lipinski definition) is 4. The standard InChI is InChI=1S/C13H22N4O2/c1-10-11(8-14-15-10)12(18)17-6-4-16(5-7-17)9-13(2,3)19/h8,19H,4-7,9H2,1-3H3,(H,14,15). The topological polar surface area (TPSA) is 72.5 Å². The van der Waals surface area contributed by atoms with Gasteiger partial charge >= 0.3 is 0 Å². The molecule has 1 aromatic rings. The summed E-state index contributed by atoms with van der Waals surface area (Å²) >= 11 is 0. The summed E-state index contributed by atoms with van der Waals surface area (Å²) in [7, 11) is 0. The number of β-amino-alcohol motifs (C(OH)–C–C–N with tert-alkyl or cyclic N) is 1. The first-order valence-electron chi connectivity index (χ1n) is 6.61. The molecule has 0 bridgehead atoms. The number of carbonyl (C=O) groups excluding carboxylic acids is 1. The first-order valence-corrected chi connectivity index (χ1v) is 6.61. The molecule has 2 rings (SSSR count). The molecule has 0 aliphatic carbocycles. The number of hydrogen-bond donors (Lipinski definition) is 2. The lowest BCUT2D eigenvalue weighted by Crippen LogP contribution is -2.52. The quantitative estimate of drug-likeness (QED) is 0.822. The molecule has 0 unspecified atom stereocenters. The van der Waals surface area contributed by atoms with E-state index in [1.807, 2.05) is 11.8 Å². The summed E-state index contributed by atoms with van der Waals surface area (Å²) in [6.45, 7) is 9.08. The van der Waals surface area contributed by atoms with Crippen LogP contribution >= 0.6 is 0 Å². The fourth-order valence-electron chi connectivity index (χ4n) is 2.39. The molecule has 1 saturated heterocycles. The van der Waals surface area contributed by atoms with Gasteiger partial charge in [0.2, 0.25) is 0 Å². The van der Waals surface area contributed by atoms with Gasteiger partial charge in [-0.1, -0.05) is 0 Å². The summed E-state index contributed by atoms with van der Waals surface area (Å²) in [5, 5.41) is 16.5. The van der Waals surface area contributed by atoms with Crippen LogP contribution in [0, 0.1) is 6.92 Å². The minimum atomic E-state index is -0.687. The Morgan fingerprint density at radius 1 is 1.42 bits per heavy atom. The Morgan fingerprint density at radius 3 is 2.53 bits per heavy atom. The highest BCUT2D eigenvalue weighted by atomic mass is 16.3. The molecule has 0 spiro atoms. The smallest absolute Gasteiger partial charge is 0.257 e. The van der Waals surface area contributed by atoms with E-state index in [2.05, 4.69) is 15.1 Å². The largest absolute Gasteiger partial charge is 0.389 e. The first kappa shape index (κ1) is 14.0. The van der Waals surface area contributed by atoms with Gasteiger partial charge in [-0.05, 0) is 20.8 Å². The molecule has 0 aromatic carbocycles. The van der Waals surface area contributed by atoms with E-state index < -0.39 is 5.60 Å². The fraction of sp³-hybridized carbons (Fsp3) is 0.692. The molecule has 1 fully saturated rings. The van der Waals surface area contributed by atoms with Gasteiger partial charge in [0.05, 0.1) is 17.4 Å². The number of amides is 1. The van der Waals surface area contributed by atoms with E-state index in [0.717, 1.165) is 18.8 Å². The Labute approximate surface area is 113 Å². The zero-order chi connectivity index (χ0) is 14.0. The number of nitrogens with one attached hydrogen (secondary N) is 1. The van der Waals surface area contributed by atoms with E-state index in [9.17, 15) is 9.90 Å². The van der Waals surface area contributed by atoms with Crippen LogP contribution in [0.3, 0.4) is 0 Å². The van der Waals surface area contributed by atoms with Gasteiger partial charge in [0.25, 0.3) is 5.91 Å². The highest BCUT2D eigenvalue weighted by molar-refractivity contribution is 5.95. The Balaban J connectivity index is 1.90. The van der Waals surface area contributed by atoms with Gasteiger partial charge in [0, 0.05) is 38.4 Å². The Hall–Kier alpha value is -1.40. The van der Waals surface area contributed by atoms with Crippen LogP contribution in [0.2, 0.25) is 0 Å². The lowest BCUT2D eigenvalue weighted by Gasteiger charge is -2.37. The van der Waals surface area contributed by atoms with Crippen LogP contribution in [0.5, 0.6) is 0 Å². The molecular weight excluding hydrogens is 244 g/mol. The van der Waals surface area contributed by atoms with E-state index >= 15 is 0 Å². The number of aryl methyl sites for hydroxylation is 1. The van der Waals surface area contributed by atoms with Gasteiger partial charge < -0.3 is 10.0 Å². The van der Waals surface area contributed by atoms with Crippen molar-refractivity contribution in [2.75, 3.05) is 32.7 Å². The van der Waals surface area contributed by atoms with Gasteiger partial charge in [-0.2, -0.15) is 5.10 Å². The Bertz CT molecular complexity index is 442. The zero-order valence-electron chi connectivity index (χ0n) is 11.8. The zero-order valence-corrected chi connectivity index (χ0v) is 11.8. The molecule has 2 heterocycles. The molecule has 6 nitrogen and oxygen atoms in total. The monoisotopic (exact) mass is 266 g/mol. The van der Waals surface area contributed by atoms with Gasteiger partial charge in [-0.25, -0.2) is 0 Å². The summed E-state index contributed by atoms with van der Waals surface area (Å²) in [5.74, 6) is 0.0363. The van der Waals surface area contributed by atoms with E-state index in [-0.39, 0.29) is 5.91 Å². The maximum atomic E-state index is 12.3. The predicted molar refractivity (Wildman–Crippen MR) is 72.0 cm³/mol. The molecule has 1 aromatic heterocycles. The minimum Gasteiger partial charge on any atom is -0.389 e. The van der Waals surface area contributed by atoms with Crippen molar-refractivity contribution in [3.05, 3.63) is 17.5 Å². The number of nitrogens with zero attached hydrogens (tertiary/aromatic N) is 3. The number of carbonyl (C=O) groups is 1. The maximum absolute atomic E-state index is 12.3. The Kier molecular flexibility index (Phi) is 3.91. The summed E-state index contributed by atoms with van der Waals surface area (Å²) in [4.78, 5) is 16.3. The van der Waals surface area contributed by atoms with E-state index in [4.69, 9.17) is 0 Å². The van der Waals surface area contributed by atoms with Crippen LogP contribution in [-0.4, -0.2) is 69.3 Å². The second-order valence-corrected chi connectivity index (χ2v) is 5.79. The lowest BCUT2D eigenvalue weighted by molar-refractivity contribution is 0.0178. The predicted octanol–water partition coefficient (Wildman–Crippen LogP) is 0.247. The minimum absolute atomic E-state index is 0.0363. The molecule has 0 saturated carbocycles. The van der Waals surface area contributed by atoms with Crippen molar-refractivity contribution in [2.24, 2.45) is 0 Å². The second kappa shape index (κ2) is 5.30. The SMILES string of the molecule is Cc1[nH]ncc1C(=O)N1CCN(CC(C)(C)O)CC1. The molecule has 19 heavy (non-hydrogen) atoms.